The van der Waals surface area contributed by atoms with Crippen molar-refractivity contribution in [2.24, 2.45) is 0 Å². The molecule has 4 aromatic rings. The van der Waals surface area contributed by atoms with Gasteiger partial charge in [0.1, 0.15) is 5.75 Å². The number of amides is 1. The quantitative estimate of drug-likeness (QED) is 0.342. The highest BCUT2D eigenvalue weighted by Gasteiger charge is 2.24. The number of sulfonamides is 1. The Balaban J connectivity index is 1.64. The number of thiophene rings is 1. The first-order chi connectivity index (χ1) is 16.2. The molecule has 0 spiro atoms. The summed E-state index contributed by atoms with van der Waals surface area (Å²) in [5.41, 5.74) is 3.36. The van der Waals surface area contributed by atoms with Crippen molar-refractivity contribution in [3.8, 4) is 5.75 Å². The van der Waals surface area contributed by atoms with Gasteiger partial charge in [0.25, 0.3) is 15.9 Å². The molecule has 1 heterocycles. The first-order valence-electron chi connectivity index (χ1n) is 10.8. The van der Waals surface area contributed by atoms with Crippen LogP contribution in [0.15, 0.2) is 71.6 Å². The van der Waals surface area contributed by atoms with Crippen LogP contribution in [0.2, 0.25) is 0 Å². The fraction of sp³-hybridized carbons (Fsp3) is 0.192. The van der Waals surface area contributed by atoms with Crippen molar-refractivity contribution in [2.45, 2.75) is 25.7 Å². The van der Waals surface area contributed by atoms with E-state index in [1.54, 1.807) is 31.2 Å². The fourth-order valence-electron chi connectivity index (χ4n) is 3.85. The third-order valence-corrected chi connectivity index (χ3v) is 8.70. The molecule has 3 aromatic carbocycles. The lowest BCUT2D eigenvalue weighted by molar-refractivity contribution is 0.103. The number of nitrogens with one attached hydrogen (secondary N) is 1. The monoisotopic (exact) mass is 494 g/mol. The molecule has 0 aliphatic heterocycles. The lowest BCUT2D eigenvalue weighted by Crippen LogP contribution is -2.30. The number of hydrogen-bond donors (Lipinski definition) is 1. The topological polar surface area (TPSA) is 75.7 Å². The average Bonchev–Trinajstić information content (AvgIpc) is 3.25. The molecule has 34 heavy (non-hydrogen) atoms. The Labute approximate surface area is 203 Å². The highest BCUT2D eigenvalue weighted by Crippen LogP contribution is 2.33. The molecule has 6 nitrogen and oxygen atoms in total. The Hall–Kier alpha value is -3.36. The summed E-state index contributed by atoms with van der Waals surface area (Å²) in [6, 6.07) is 19.5. The number of nitrogens with zero attached hydrogens (tertiary/aromatic N) is 1. The smallest absolute Gasteiger partial charge is 0.265 e. The molecule has 0 radical (unpaired) electrons. The van der Waals surface area contributed by atoms with Crippen LogP contribution in [-0.4, -0.2) is 28.0 Å². The molecule has 1 amide bonds. The van der Waals surface area contributed by atoms with Crippen molar-refractivity contribution in [3.05, 3.63) is 82.7 Å². The number of anilines is 2. The maximum absolute atomic E-state index is 13.3. The predicted molar refractivity (Wildman–Crippen MR) is 139 cm³/mol. The van der Waals surface area contributed by atoms with Gasteiger partial charge < -0.3 is 10.1 Å². The number of carbonyl (C=O) groups excluding carboxylic acids is 1. The van der Waals surface area contributed by atoms with Crippen LogP contribution in [0.1, 0.15) is 27.7 Å². The summed E-state index contributed by atoms with van der Waals surface area (Å²) in [4.78, 5) is 13.7. The van der Waals surface area contributed by atoms with Crippen LogP contribution in [0.4, 0.5) is 11.4 Å². The van der Waals surface area contributed by atoms with E-state index in [4.69, 9.17) is 4.74 Å². The van der Waals surface area contributed by atoms with Gasteiger partial charge in [0.15, 0.2) is 0 Å². The van der Waals surface area contributed by atoms with Crippen molar-refractivity contribution in [3.63, 3.8) is 0 Å². The second-order valence-corrected chi connectivity index (χ2v) is 10.8. The van der Waals surface area contributed by atoms with E-state index < -0.39 is 10.0 Å². The largest absolute Gasteiger partial charge is 0.497 e. The number of ether oxygens (including phenoxy) is 1. The standard InChI is InChI=1S/C26H26N2O4S2/c1-5-28(34(30,31)22-12-10-21(32-4)11-13-22)20-9-14-23-19(15-20)16-24(33-23)26(29)27-25-17(2)7-6-8-18(25)3/h6-16H,5H2,1-4H3,(H,27,29). The first-order valence-corrected chi connectivity index (χ1v) is 13.1. The molecule has 0 unspecified atom stereocenters. The van der Waals surface area contributed by atoms with E-state index in [9.17, 15) is 13.2 Å². The van der Waals surface area contributed by atoms with Crippen LogP contribution in [0, 0.1) is 13.8 Å². The van der Waals surface area contributed by atoms with Crippen molar-refractivity contribution in [1.82, 2.24) is 0 Å². The number of benzene rings is 3. The van der Waals surface area contributed by atoms with Gasteiger partial charge in [0.05, 0.1) is 22.6 Å². The molecule has 1 N–H and O–H groups in total. The van der Waals surface area contributed by atoms with Crippen LogP contribution < -0.4 is 14.4 Å². The van der Waals surface area contributed by atoms with Gasteiger partial charge in [-0.05, 0) is 85.8 Å². The van der Waals surface area contributed by atoms with Crippen molar-refractivity contribution in [2.75, 3.05) is 23.3 Å². The van der Waals surface area contributed by atoms with Crippen LogP contribution in [0.3, 0.4) is 0 Å². The molecule has 8 heteroatoms. The third kappa shape index (κ3) is 4.51. The number of aryl methyl sites for hydroxylation is 2. The van der Waals surface area contributed by atoms with E-state index in [1.165, 1.54) is 34.9 Å². The molecule has 0 saturated heterocycles. The molecule has 1 aromatic heterocycles. The summed E-state index contributed by atoms with van der Waals surface area (Å²) in [5, 5.41) is 3.83. The Kier molecular flexibility index (Phi) is 6.63. The minimum Gasteiger partial charge on any atom is -0.497 e. The molecule has 0 bridgehead atoms. The number of para-hydroxylation sites is 1. The van der Waals surface area contributed by atoms with E-state index in [0.29, 0.717) is 16.3 Å². The Bertz CT molecular complexity index is 1440. The van der Waals surface area contributed by atoms with Gasteiger partial charge in [-0.2, -0.15) is 0 Å². The SMILES string of the molecule is CCN(c1ccc2sc(C(=O)Nc3c(C)cccc3C)cc2c1)S(=O)(=O)c1ccc(OC)cc1. The molecule has 4 rings (SSSR count). The van der Waals surface area contributed by atoms with Crippen molar-refractivity contribution in [1.29, 1.82) is 0 Å². The van der Waals surface area contributed by atoms with E-state index in [0.717, 1.165) is 26.9 Å². The summed E-state index contributed by atoms with van der Waals surface area (Å²) in [6.45, 7) is 5.98. The maximum Gasteiger partial charge on any atom is 0.265 e. The molecular weight excluding hydrogens is 468 g/mol. The maximum atomic E-state index is 13.3. The number of hydrogen-bond acceptors (Lipinski definition) is 5. The summed E-state index contributed by atoms with van der Waals surface area (Å²) in [7, 11) is -2.22. The molecular formula is C26H26N2O4S2. The van der Waals surface area contributed by atoms with E-state index >= 15 is 0 Å². The summed E-state index contributed by atoms with van der Waals surface area (Å²) in [5.74, 6) is 0.409. The molecule has 0 atom stereocenters. The zero-order valence-electron chi connectivity index (χ0n) is 19.5. The molecule has 176 valence electrons. The van der Waals surface area contributed by atoms with Crippen LogP contribution in [0.5, 0.6) is 5.75 Å². The summed E-state index contributed by atoms with van der Waals surface area (Å²) in [6.07, 6.45) is 0. The molecule has 0 aliphatic rings. The Morgan fingerprint density at radius 3 is 2.29 bits per heavy atom. The Morgan fingerprint density at radius 2 is 1.68 bits per heavy atom. The zero-order chi connectivity index (χ0) is 24.5. The van der Waals surface area contributed by atoms with Gasteiger partial charge in [0, 0.05) is 16.9 Å². The van der Waals surface area contributed by atoms with Gasteiger partial charge in [-0.1, -0.05) is 18.2 Å². The minimum atomic E-state index is -3.76. The Morgan fingerprint density at radius 1 is 1.00 bits per heavy atom. The van der Waals surface area contributed by atoms with Crippen molar-refractivity contribution >= 4 is 48.7 Å². The highest BCUT2D eigenvalue weighted by molar-refractivity contribution is 7.92. The molecule has 0 saturated carbocycles. The van der Waals surface area contributed by atoms with Gasteiger partial charge in [-0.3, -0.25) is 9.10 Å². The van der Waals surface area contributed by atoms with Crippen molar-refractivity contribution < 1.29 is 17.9 Å². The predicted octanol–water partition coefficient (Wildman–Crippen LogP) is 5.99. The lowest BCUT2D eigenvalue weighted by Gasteiger charge is -2.23. The van der Waals surface area contributed by atoms with E-state index in [2.05, 4.69) is 5.32 Å². The zero-order valence-corrected chi connectivity index (χ0v) is 21.1. The molecule has 0 aliphatic carbocycles. The third-order valence-electron chi connectivity index (χ3n) is 5.67. The van der Waals surface area contributed by atoms with Gasteiger partial charge in [-0.25, -0.2) is 8.42 Å². The number of methoxy groups -OCH3 is 1. The van der Waals surface area contributed by atoms with Crippen LogP contribution in [0.25, 0.3) is 10.1 Å². The number of carbonyl (C=O) groups is 1. The lowest BCUT2D eigenvalue weighted by atomic mass is 10.1. The minimum absolute atomic E-state index is 0.182. The van der Waals surface area contributed by atoms with Crippen LogP contribution in [-0.2, 0) is 10.0 Å². The number of fused-ring (bicyclic) bond motifs is 1. The normalized spacial score (nSPS) is 11.4. The average molecular weight is 495 g/mol. The van der Waals surface area contributed by atoms with Gasteiger partial charge in [0.2, 0.25) is 0 Å². The number of rotatable bonds is 7. The van der Waals surface area contributed by atoms with E-state index in [-0.39, 0.29) is 17.3 Å². The van der Waals surface area contributed by atoms with Gasteiger partial charge in [-0.15, -0.1) is 11.3 Å². The second kappa shape index (κ2) is 9.48. The second-order valence-electron chi connectivity index (χ2n) is 7.90. The highest BCUT2D eigenvalue weighted by atomic mass is 32.2. The van der Waals surface area contributed by atoms with E-state index in [1.807, 2.05) is 44.2 Å². The fourth-order valence-corrected chi connectivity index (χ4v) is 6.25. The van der Waals surface area contributed by atoms with Gasteiger partial charge >= 0.3 is 0 Å². The summed E-state index contributed by atoms with van der Waals surface area (Å²) < 4.78 is 34.0. The summed E-state index contributed by atoms with van der Waals surface area (Å²) >= 11 is 1.38. The van der Waals surface area contributed by atoms with Crippen LogP contribution >= 0.6 is 11.3 Å². The first kappa shape index (κ1) is 23.8. The molecule has 0 fully saturated rings.